The monoisotopic (exact) mass is 192 g/mol. The molecule has 3 heteroatoms. The van der Waals surface area contributed by atoms with Gasteiger partial charge in [0.2, 0.25) is 0 Å². The first-order chi connectivity index (χ1) is 6.31. The van der Waals surface area contributed by atoms with Crippen LogP contribution in [0.5, 0.6) is 0 Å². The van der Waals surface area contributed by atoms with Crippen molar-refractivity contribution in [1.82, 2.24) is 5.43 Å². The van der Waals surface area contributed by atoms with Gasteiger partial charge in [0.1, 0.15) is 6.04 Å². The Morgan fingerprint density at radius 3 is 2.46 bits per heavy atom. The van der Waals surface area contributed by atoms with Crippen LogP contribution in [0.15, 0.2) is 29.2 Å². The van der Waals surface area contributed by atoms with E-state index < -0.39 is 0 Å². The van der Waals surface area contributed by atoms with Gasteiger partial charge in [0, 0.05) is 4.90 Å². The molecule has 0 fully saturated rings. The van der Waals surface area contributed by atoms with Crippen molar-refractivity contribution in [1.29, 1.82) is 0 Å². The Bertz CT molecular complexity index is 300. The summed E-state index contributed by atoms with van der Waals surface area (Å²) in [6.07, 6.45) is 7.32. The molecule has 1 unspecified atom stereocenters. The van der Waals surface area contributed by atoms with Gasteiger partial charge in [-0.3, -0.25) is 5.84 Å². The lowest BCUT2D eigenvalue weighted by molar-refractivity contribution is 0.673. The van der Waals surface area contributed by atoms with Crippen LogP contribution in [0, 0.1) is 12.3 Å². The van der Waals surface area contributed by atoms with Crippen LogP contribution in [0.25, 0.3) is 0 Å². The molecule has 68 valence electrons. The molecular formula is C10H12N2S. The first kappa shape index (κ1) is 10.1. The summed E-state index contributed by atoms with van der Waals surface area (Å²) in [7, 11) is 0. The number of nitrogens with one attached hydrogen (secondary N) is 1. The highest BCUT2D eigenvalue weighted by Gasteiger charge is 2.03. The maximum absolute atomic E-state index is 5.29. The summed E-state index contributed by atoms with van der Waals surface area (Å²) < 4.78 is 0. The second kappa shape index (κ2) is 4.93. The summed E-state index contributed by atoms with van der Waals surface area (Å²) in [5, 5.41) is 0. The summed E-state index contributed by atoms with van der Waals surface area (Å²) in [6.45, 7) is 0. The van der Waals surface area contributed by atoms with Crippen molar-refractivity contribution in [3.05, 3.63) is 29.8 Å². The van der Waals surface area contributed by atoms with E-state index in [0.717, 1.165) is 5.56 Å². The van der Waals surface area contributed by atoms with Crippen LogP contribution in [0.3, 0.4) is 0 Å². The maximum atomic E-state index is 5.29. The number of thioether (sulfide) groups is 1. The minimum Gasteiger partial charge on any atom is -0.270 e. The number of benzene rings is 1. The molecule has 2 nitrogen and oxygen atoms in total. The second-order valence-electron chi connectivity index (χ2n) is 2.54. The van der Waals surface area contributed by atoms with Gasteiger partial charge in [-0.15, -0.1) is 18.2 Å². The summed E-state index contributed by atoms with van der Waals surface area (Å²) in [5.74, 6) is 7.85. The minimum absolute atomic E-state index is 0.198. The van der Waals surface area contributed by atoms with Gasteiger partial charge >= 0.3 is 0 Å². The van der Waals surface area contributed by atoms with Crippen molar-refractivity contribution in [3.8, 4) is 12.3 Å². The first-order valence-corrected chi connectivity index (χ1v) is 5.10. The summed E-state index contributed by atoms with van der Waals surface area (Å²) in [6, 6.07) is 7.83. The van der Waals surface area contributed by atoms with Gasteiger partial charge in [0.05, 0.1) is 0 Å². The zero-order valence-corrected chi connectivity index (χ0v) is 8.27. The molecule has 0 saturated heterocycles. The van der Waals surface area contributed by atoms with Gasteiger partial charge in [0.15, 0.2) is 0 Å². The van der Waals surface area contributed by atoms with Crippen molar-refractivity contribution in [2.45, 2.75) is 10.9 Å². The van der Waals surface area contributed by atoms with E-state index in [-0.39, 0.29) is 6.04 Å². The van der Waals surface area contributed by atoms with Gasteiger partial charge in [-0.1, -0.05) is 18.1 Å². The minimum atomic E-state index is -0.198. The fourth-order valence-electron chi connectivity index (χ4n) is 1.04. The number of terminal acetylenes is 1. The van der Waals surface area contributed by atoms with Crippen LogP contribution >= 0.6 is 11.8 Å². The van der Waals surface area contributed by atoms with Crippen molar-refractivity contribution in [2.24, 2.45) is 5.84 Å². The van der Waals surface area contributed by atoms with E-state index in [4.69, 9.17) is 12.3 Å². The van der Waals surface area contributed by atoms with Crippen LogP contribution in [0.1, 0.15) is 11.6 Å². The largest absolute Gasteiger partial charge is 0.270 e. The molecule has 1 atom stereocenters. The zero-order chi connectivity index (χ0) is 9.68. The van der Waals surface area contributed by atoms with Crippen molar-refractivity contribution < 1.29 is 0 Å². The van der Waals surface area contributed by atoms with E-state index in [2.05, 4.69) is 11.3 Å². The molecule has 0 aliphatic heterocycles. The van der Waals surface area contributed by atoms with Crippen LogP contribution < -0.4 is 11.3 Å². The number of hydrogen-bond donors (Lipinski definition) is 2. The summed E-state index contributed by atoms with van der Waals surface area (Å²) >= 11 is 1.70. The summed E-state index contributed by atoms with van der Waals surface area (Å²) in [4.78, 5) is 1.22. The molecule has 0 spiro atoms. The van der Waals surface area contributed by atoms with Crippen LogP contribution in [0.2, 0.25) is 0 Å². The Hall–Kier alpha value is -0.950. The quantitative estimate of drug-likeness (QED) is 0.330. The predicted octanol–water partition coefficient (Wildman–Crippen LogP) is 1.55. The van der Waals surface area contributed by atoms with Crippen molar-refractivity contribution >= 4 is 11.8 Å². The van der Waals surface area contributed by atoms with E-state index in [1.54, 1.807) is 11.8 Å². The highest BCUT2D eigenvalue weighted by atomic mass is 32.2. The molecule has 1 aromatic carbocycles. The fourth-order valence-corrected chi connectivity index (χ4v) is 1.45. The standard InChI is InChI=1S/C10H12N2S/c1-3-10(12-11)8-4-6-9(13-2)7-5-8/h1,4-7,10,12H,11H2,2H3. The molecule has 0 heterocycles. The molecule has 0 amide bonds. The molecule has 0 aromatic heterocycles. The van der Waals surface area contributed by atoms with Gasteiger partial charge in [-0.25, -0.2) is 5.43 Å². The average molecular weight is 192 g/mol. The molecule has 0 aliphatic carbocycles. The maximum Gasteiger partial charge on any atom is 0.106 e. The van der Waals surface area contributed by atoms with E-state index in [0.29, 0.717) is 0 Å². The molecule has 0 aliphatic rings. The van der Waals surface area contributed by atoms with Gasteiger partial charge in [-0.2, -0.15) is 0 Å². The number of nitrogens with two attached hydrogens (primary N) is 1. The molecule has 0 saturated carbocycles. The second-order valence-corrected chi connectivity index (χ2v) is 3.42. The molecule has 3 N–H and O–H groups in total. The average Bonchev–Trinajstić information content (AvgIpc) is 2.21. The molecule has 13 heavy (non-hydrogen) atoms. The summed E-state index contributed by atoms with van der Waals surface area (Å²) in [5.41, 5.74) is 3.58. The van der Waals surface area contributed by atoms with Gasteiger partial charge in [-0.05, 0) is 24.0 Å². The van der Waals surface area contributed by atoms with Crippen molar-refractivity contribution in [2.75, 3.05) is 6.26 Å². The Morgan fingerprint density at radius 1 is 1.46 bits per heavy atom. The Labute approximate surface area is 82.9 Å². The highest BCUT2D eigenvalue weighted by Crippen LogP contribution is 2.18. The lowest BCUT2D eigenvalue weighted by Crippen LogP contribution is -2.26. The van der Waals surface area contributed by atoms with Crippen LogP contribution in [0.4, 0.5) is 0 Å². The number of hydrazine groups is 1. The smallest absolute Gasteiger partial charge is 0.106 e. The van der Waals surface area contributed by atoms with E-state index in [9.17, 15) is 0 Å². The van der Waals surface area contributed by atoms with E-state index in [1.807, 2.05) is 30.5 Å². The van der Waals surface area contributed by atoms with E-state index >= 15 is 0 Å². The van der Waals surface area contributed by atoms with Gasteiger partial charge in [0.25, 0.3) is 0 Å². The Kier molecular flexibility index (Phi) is 3.84. The van der Waals surface area contributed by atoms with Gasteiger partial charge < -0.3 is 0 Å². The zero-order valence-electron chi connectivity index (χ0n) is 7.45. The highest BCUT2D eigenvalue weighted by molar-refractivity contribution is 7.98. The van der Waals surface area contributed by atoms with E-state index in [1.165, 1.54) is 4.90 Å². The molecule has 1 rings (SSSR count). The SMILES string of the molecule is C#CC(NN)c1ccc(SC)cc1. The third kappa shape index (κ3) is 2.49. The van der Waals surface area contributed by atoms with Crippen molar-refractivity contribution in [3.63, 3.8) is 0 Å². The number of rotatable bonds is 3. The molecular weight excluding hydrogens is 180 g/mol. The van der Waals surface area contributed by atoms with Crippen LogP contribution in [-0.4, -0.2) is 6.26 Å². The molecule has 0 radical (unpaired) electrons. The fraction of sp³-hybridized carbons (Fsp3) is 0.200. The lowest BCUT2D eigenvalue weighted by atomic mass is 10.1. The topological polar surface area (TPSA) is 38.0 Å². The number of hydrogen-bond acceptors (Lipinski definition) is 3. The molecule has 1 aromatic rings. The Morgan fingerprint density at radius 2 is 2.08 bits per heavy atom. The van der Waals surface area contributed by atoms with Crippen LogP contribution in [-0.2, 0) is 0 Å². The third-order valence-electron chi connectivity index (χ3n) is 1.78. The first-order valence-electron chi connectivity index (χ1n) is 3.88. The lowest BCUT2D eigenvalue weighted by Gasteiger charge is -2.09. The normalized spacial score (nSPS) is 12.1. The Balaban J connectivity index is 2.86. The molecule has 0 bridgehead atoms. The predicted molar refractivity (Wildman–Crippen MR) is 57.1 cm³/mol. The third-order valence-corrected chi connectivity index (χ3v) is 2.53.